The zero-order chi connectivity index (χ0) is 13.7. The molecule has 1 aromatic rings. The number of amides is 1. The Hall–Kier alpha value is -0.580. The van der Waals surface area contributed by atoms with Crippen LogP contribution < -0.4 is 10.6 Å². The number of hydrogen-bond donors (Lipinski definition) is 2. The van der Waals surface area contributed by atoms with E-state index in [9.17, 15) is 4.79 Å². The quantitative estimate of drug-likeness (QED) is 0.792. The molecule has 2 N–H and O–H groups in total. The molecular weight excluding hydrogens is 340 g/mol. The molecule has 20 heavy (non-hydrogen) atoms. The third-order valence-electron chi connectivity index (χ3n) is 3.95. The Morgan fingerprint density at radius 2 is 1.80 bits per heavy atom. The van der Waals surface area contributed by atoms with E-state index < -0.39 is 0 Å². The van der Waals surface area contributed by atoms with Gasteiger partial charge >= 0.3 is 0 Å². The van der Waals surface area contributed by atoms with E-state index in [4.69, 9.17) is 0 Å². The second-order valence-electron chi connectivity index (χ2n) is 5.16. The number of rotatable bonds is 5. The highest BCUT2D eigenvalue weighted by atomic mass is 79.9. The average molecular weight is 362 g/mol. The van der Waals surface area contributed by atoms with Gasteiger partial charge in [0.1, 0.15) is 0 Å². The Morgan fingerprint density at radius 3 is 2.35 bits per heavy atom. The predicted octanol–water partition coefficient (Wildman–Crippen LogP) is 3.02. The first-order chi connectivity index (χ1) is 9.19. The van der Waals surface area contributed by atoms with Gasteiger partial charge in [0.15, 0.2) is 0 Å². The van der Waals surface area contributed by atoms with Crippen molar-refractivity contribution in [3.63, 3.8) is 0 Å². The molecule has 0 saturated heterocycles. The molecule has 1 amide bonds. The van der Waals surface area contributed by atoms with Crippen LogP contribution in [0.1, 0.15) is 31.2 Å². The molecule has 0 unspecified atom stereocenters. The normalized spacial score (nSPS) is 16.5. The van der Waals surface area contributed by atoms with Crippen molar-refractivity contribution in [2.75, 3.05) is 20.1 Å². The second-order valence-corrected chi connectivity index (χ2v) is 6.07. The summed E-state index contributed by atoms with van der Waals surface area (Å²) in [4.78, 5) is 12.6. The summed E-state index contributed by atoms with van der Waals surface area (Å²) in [6, 6.07) is 8.20. The van der Waals surface area contributed by atoms with Crippen molar-refractivity contribution in [1.29, 1.82) is 0 Å². The molecule has 0 spiro atoms. The van der Waals surface area contributed by atoms with E-state index in [1.54, 1.807) is 0 Å². The summed E-state index contributed by atoms with van der Waals surface area (Å²) in [6.45, 7) is 1.50. The summed E-state index contributed by atoms with van der Waals surface area (Å²) in [6.07, 6.45) is 4.19. The molecule has 0 heterocycles. The molecule has 1 fully saturated rings. The third-order valence-corrected chi connectivity index (χ3v) is 4.48. The van der Waals surface area contributed by atoms with Crippen molar-refractivity contribution in [2.24, 2.45) is 0 Å². The lowest BCUT2D eigenvalue weighted by molar-refractivity contribution is -0.126. The molecule has 1 saturated carbocycles. The van der Waals surface area contributed by atoms with Crippen LogP contribution in [-0.2, 0) is 10.2 Å². The number of likely N-dealkylation sites (N-methyl/N-ethyl adjacent to an activating group) is 1. The Balaban J connectivity index is 0.00000200. The van der Waals surface area contributed by atoms with Crippen LogP contribution in [-0.4, -0.2) is 26.0 Å². The molecule has 5 heteroatoms. The van der Waals surface area contributed by atoms with Crippen LogP contribution in [0, 0.1) is 0 Å². The van der Waals surface area contributed by atoms with Gasteiger partial charge in [-0.25, -0.2) is 0 Å². The number of hydrogen-bond acceptors (Lipinski definition) is 2. The smallest absolute Gasteiger partial charge is 0.230 e. The molecular formula is C15H22BrClN2O. The van der Waals surface area contributed by atoms with Crippen LogP contribution in [0.4, 0.5) is 0 Å². The number of nitrogens with one attached hydrogen (secondary N) is 2. The van der Waals surface area contributed by atoms with Crippen molar-refractivity contribution >= 4 is 34.2 Å². The van der Waals surface area contributed by atoms with E-state index >= 15 is 0 Å². The van der Waals surface area contributed by atoms with Gasteiger partial charge in [-0.15, -0.1) is 12.4 Å². The minimum Gasteiger partial charge on any atom is -0.354 e. The maximum atomic E-state index is 12.6. The van der Waals surface area contributed by atoms with Crippen LogP contribution in [0.25, 0.3) is 0 Å². The number of carbonyl (C=O) groups is 1. The van der Waals surface area contributed by atoms with Crippen LogP contribution >= 0.6 is 28.3 Å². The van der Waals surface area contributed by atoms with Crippen LogP contribution in [0.2, 0.25) is 0 Å². The lowest BCUT2D eigenvalue weighted by atomic mass is 9.78. The van der Waals surface area contributed by atoms with Crippen LogP contribution in [0.5, 0.6) is 0 Å². The van der Waals surface area contributed by atoms with Crippen molar-refractivity contribution in [1.82, 2.24) is 10.6 Å². The van der Waals surface area contributed by atoms with E-state index in [2.05, 4.69) is 38.7 Å². The van der Waals surface area contributed by atoms with Gasteiger partial charge in [0.05, 0.1) is 5.41 Å². The molecule has 112 valence electrons. The van der Waals surface area contributed by atoms with Gasteiger partial charge in [0.25, 0.3) is 0 Å². The van der Waals surface area contributed by atoms with Crippen molar-refractivity contribution in [3.8, 4) is 0 Å². The number of halogens is 2. The second kappa shape index (κ2) is 8.01. The summed E-state index contributed by atoms with van der Waals surface area (Å²) >= 11 is 3.45. The van der Waals surface area contributed by atoms with E-state index in [1.807, 2.05) is 19.2 Å². The van der Waals surface area contributed by atoms with Crippen LogP contribution in [0.15, 0.2) is 28.7 Å². The first-order valence-corrected chi connectivity index (χ1v) is 7.67. The monoisotopic (exact) mass is 360 g/mol. The number of benzene rings is 1. The van der Waals surface area contributed by atoms with E-state index in [0.29, 0.717) is 6.54 Å². The Bertz CT molecular complexity index is 430. The van der Waals surface area contributed by atoms with Gasteiger partial charge in [0, 0.05) is 17.6 Å². The standard InChI is InChI=1S/C15H21BrN2O.ClH/c1-17-10-11-18-14(19)15(8-2-3-9-15)12-4-6-13(16)7-5-12;/h4-7,17H,2-3,8-11H2,1H3,(H,18,19);1H. The van der Waals surface area contributed by atoms with E-state index in [1.165, 1.54) is 0 Å². The van der Waals surface area contributed by atoms with E-state index in [-0.39, 0.29) is 23.7 Å². The highest BCUT2D eigenvalue weighted by Gasteiger charge is 2.42. The first-order valence-electron chi connectivity index (χ1n) is 6.88. The molecule has 0 radical (unpaired) electrons. The predicted molar refractivity (Wildman–Crippen MR) is 88.5 cm³/mol. The molecule has 1 aliphatic rings. The summed E-state index contributed by atoms with van der Waals surface area (Å²) in [5.41, 5.74) is 0.837. The lowest BCUT2D eigenvalue weighted by Gasteiger charge is -2.28. The molecule has 0 aliphatic heterocycles. The van der Waals surface area contributed by atoms with Crippen molar-refractivity contribution in [3.05, 3.63) is 34.3 Å². The zero-order valence-corrected chi connectivity index (χ0v) is 14.1. The topological polar surface area (TPSA) is 41.1 Å². The highest BCUT2D eigenvalue weighted by molar-refractivity contribution is 9.10. The van der Waals surface area contributed by atoms with Crippen molar-refractivity contribution < 1.29 is 4.79 Å². The Kier molecular flexibility index (Phi) is 7.00. The maximum absolute atomic E-state index is 12.6. The van der Waals surface area contributed by atoms with Gasteiger partial charge in [-0.3, -0.25) is 4.79 Å². The largest absolute Gasteiger partial charge is 0.354 e. The lowest BCUT2D eigenvalue weighted by Crippen LogP contribution is -2.44. The molecule has 0 atom stereocenters. The molecule has 1 aromatic carbocycles. The number of carbonyl (C=O) groups excluding carboxylic acids is 1. The minimum absolute atomic E-state index is 0. The zero-order valence-electron chi connectivity index (χ0n) is 11.7. The molecule has 3 nitrogen and oxygen atoms in total. The molecule has 1 aliphatic carbocycles. The fourth-order valence-electron chi connectivity index (χ4n) is 2.86. The van der Waals surface area contributed by atoms with Gasteiger partial charge < -0.3 is 10.6 Å². The Labute approximate surface area is 135 Å². The first kappa shape index (κ1) is 17.5. The Morgan fingerprint density at radius 1 is 1.20 bits per heavy atom. The van der Waals surface area contributed by atoms with Gasteiger partial charge in [0.2, 0.25) is 5.91 Å². The van der Waals surface area contributed by atoms with Gasteiger partial charge in [-0.05, 0) is 37.6 Å². The molecule has 0 aromatic heterocycles. The van der Waals surface area contributed by atoms with Crippen molar-refractivity contribution in [2.45, 2.75) is 31.1 Å². The fraction of sp³-hybridized carbons (Fsp3) is 0.533. The average Bonchev–Trinajstić information content (AvgIpc) is 2.90. The fourth-order valence-corrected chi connectivity index (χ4v) is 3.13. The van der Waals surface area contributed by atoms with Gasteiger partial charge in [-0.1, -0.05) is 40.9 Å². The maximum Gasteiger partial charge on any atom is 0.230 e. The van der Waals surface area contributed by atoms with Crippen LogP contribution in [0.3, 0.4) is 0 Å². The molecule has 2 rings (SSSR count). The van der Waals surface area contributed by atoms with E-state index in [0.717, 1.165) is 42.3 Å². The SMILES string of the molecule is CNCCNC(=O)C1(c2ccc(Br)cc2)CCCC1.Cl. The highest BCUT2D eigenvalue weighted by Crippen LogP contribution is 2.41. The summed E-state index contributed by atoms with van der Waals surface area (Å²) < 4.78 is 1.06. The molecule has 0 bridgehead atoms. The summed E-state index contributed by atoms with van der Waals surface area (Å²) in [7, 11) is 1.90. The minimum atomic E-state index is -0.311. The van der Waals surface area contributed by atoms with Gasteiger partial charge in [-0.2, -0.15) is 0 Å². The third kappa shape index (κ3) is 3.74. The summed E-state index contributed by atoms with van der Waals surface area (Å²) in [5, 5.41) is 6.12. The summed E-state index contributed by atoms with van der Waals surface area (Å²) in [5.74, 6) is 0.183.